The number of hydrogen-bond donors (Lipinski definition) is 0. The minimum absolute atomic E-state index is 0.0787. The lowest BCUT2D eigenvalue weighted by Crippen LogP contribution is -2.46. The average Bonchev–Trinajstić information content (AvgIpc) is 2.31. The van der Waals surface area contributed by atoms with Crippen LogP contribution < -0.4 is 0 Å². The van der Waals surface area contributed by atoms with Gasteiger partial charge >= 0.3 is 6.03 Å². The highest BCUT2D eigenvalue weighted by Crippen LogP contribution is 2.31. The molecular formula is C9H16N2O2. The van der Waals surface area contributed by atoms with Gasteiger partial charge in [-0.3, -0.25) is 9.69 Å². The summed E-state index contributed by atoms with van der Waals surface area (Å²) >= 11 is 0. The molecule has 0 N–H and O–H groups in total. The van der Waals surface area contributed by atoms with Crippen LogP contribution in [-0.2, 0) is 4.79 Å². The fourth-order valence-electron chi connectivity index (χ4n) is 1.98. The highest BCUT2D eigenvalue weighted by molar-refractivity contribution is 6.06. The number of imide groups is 1. The van der Waals surface area contributed by atoms with E-state index in [1.807, 2.05) is 13.8 Å². The number of carbonyl (C=O) groups is 2. The molecule has 0 radical (unpaired) electrons. The monoisotopic (exact) mass is 184 g/mol. The second kappa shape index (κ2) is 3.01. The molecule has 3 amide bonds. The Morgan fingerprint density at radius 3 is 1.77 bits per heavy atom. The van der Waals surface area contributed by atoms with E-state index in [1.165, 1.54) is 11.9 Å². The summed E-state index contributed by atoms with van der Waals surface area (Å²) in [5.41, 5.74) is -0.591. The first-order chi connectivity index (χ1) is 6.01. The summed E-state index contributed by atoms with van der Waals surface area (Å²) in [6.45, 7) is 3.87. The maximum absolute atomic E-state index is 11.8. The maximum Gasteiger partial charge on any atom is 0.327 e. The lowest BCUT2D eigenvalue weighted by atomic mass is 9.92. The molecule has 4 nitrogen and oxygen atoms in total. The van der Waals surface area contributed by atoms with Gasteiger partial charge in [-0.05, 0) is 12.8 Å². The van der Waals surface area contributed by atoms with Crippen LogP contribution in [0.2, 0.25) is 0 Å². The SMILES string of the molecule is CCC1(CC)C(=O)N(C)C(=O)N1C. The summed E-state index contributed by atoms with van der Waals surface area (Å²) in [5, 5.41) is 0. The average molecular weight is 184 g/mol. The van der Waals surface area contributed by atoms with Gasteiger partial charge in [0.25, 0.3) is 5.91 Å². The topological polar surface area (TPSA) is 40.6 Å². The zero-order chi connectivity index (χ0) is 10.2. The van der Waals surface area contributed by atoms with Crippen molar-refractivity contribution in [2.24, 2.45) is 0 Å². The molecule has 74 valence electrons. The molecule has 0 unspecified atom stereocenters. The van der Waals surface area contributed by atoms with Gasteiger partial charge in [0.15, 0.2) is 0 Å². The first-order valence-corrected chi connectivity index (χ1v) is 4.57. The normalized spacial score (nSPS) is 21.5. The summed E-state index contributed by atoms with van der Waals surface area (Å²) in [5.74, 6) is -0.0787. The van der Waals surface area contributed by atoms with E-state index in [0.29, 0.717) is 12.8 Å². The van der Waals surface area contributed by atoms with Crippen molar-refractivity contribution in [3.63, 3.8) is 0 Å². The Morgan fingerprint density at radius 2 is 1.62 bits per heavy atom. The van der Waals surface area contributed by atoms with Crippen LogP contribution >= 0.6 is 0 Å². The second-order valence-corrected chi connectivity index (χ2v) is 3.44. The van der Waals surface area contributed by atoms with Crippen LogP contribution in [0.4, 0.5) is 4.79 Å². The molecular weight excluding hydrogens is 168 g/mol. The molecule has 0 spiro atoms. The van der Waals surface area contributed by atoms with Crippen LogP contribution in [0.3, 0.4) is 0 Å². The third-order valence-electron chi connectivity index (χ3n) is 3.09. The van der Waals surface area contributed by atoms with Gasteiger partial charge in [-0.15, -0.1) is 0 Å². The molecule has 1 aliphatic rings. The zero-order valence-corrected chi connectivity index (χ0v) is 8.63. The molecule has 1 rings (SSSR count). The van der Waals surface area contributed by atoms with Crippen molar-refractivity contribution in [3.05, 3.63) is 0 Å². The molecule has 0 atom stereocenters. The molecule has 0 aliphatic carbocycles. The van der Waals surface area contributed by atoms with Crippen LogP contribution in [0, 0.1) is 0 Å². The largest absolute Gasteiger partial charge is 0.327 e. The van der Waals surface area contributed by atoms with Crippen molar-refractivity contribution in [1.29, 1.82) is 0 Å². The third-order valence-corrected chi connectivity index (χ3v) is 3.09. The van der Waals surface area contributed by atoms with Gasteiger partial charge in [0.05, 0.1) is 0 Å². The Labute approximate surface area is 78.5 Å². The molecule has 0 bridgehead atoms. The third kappa shape index (κ3) is 1.04. The van der Waals surface area contributed by atoms with E-state index >= 15 is 0 Å². The van der Waals surface area contributed by atoms with Gasteiger partial charge < -0.3 is 4.90 Å². The molecule has 0 aromatic heterocycles. The van der Waals surface area contributed by atoms with Gasteiger partial charge in [0.2, 0.25) is 0 Å². The summed E-state index contributed by atoms with van der Waals surface area (Å²) in [6, 6.07) is -0.200. The summed E-state index contributed by atoms with van der Waals surface area (Å²) in [6.07, 6.45) is 1.35. The highest BCUT2D eigenvalue weighted by atomic mass is 16.2. The summed E-state index contributed by atoms with van der Waals surface area (Å²) < 4.78 is 0. The van der Waals surface area contributed by atoms with Crippen molar-refractivity contribution in [1.82, 2.24) is 9.80 Å². The number of urea groups is 1. The van der Waals surface area contributed by atoms with Crippen molar-refractivity contribution in [2.45, 2.75) is 32.2 Å². The van der Waals surface area contributed by atoms with E-state index in [4.69, 9.17) is 0 Å². The maximum atomic E-state index is 11.8. The molecule has 0 aromatic rings. The summed E-state index contributed by atoms with van der Waals surface area (Å²) in [7, 11) is 3.23. The molecule has 4 heteroatoms. The Bertz CT molecular complexity index is 246. The van der Waals surface area contributed by atoms with Gasteiger partial charge in [0, 0.05) is 14.1 Å². The van der Waals surface area contributed by atoms with Gasteiger partial charge in [-0.2, -0.15) is 0 Å². The predicted octanol–water partition coefficient (Wildman–Crippen LogP) is 1.07. The van der Waals surface area contributed by atoms with Crippen molar-refractivity contribution in [2.75, 3.05) is 14.1 Å². The molecule has 0 saturated carbocycles. The van der Waals surface area contributed by atoms with E-state index in [2.05, 4.69) is 0 Å². The molecule has 0 aromatic carbocycles. The van der Waals surface area contributed by atoms with Crippen LogP contribution in [0.25, 0.3) is 0 Å². The van der Waals surface area contributed by atoms with Crippen LogP contribution in [0.15, 0.2) is 0 Å². The van der Waals surface area contributed by atoms with Gasteiger partial charge in [0.1, 0.15) is 5.54 Å². The van der Waals surface area contributed by atoms with E-state index in [1.54, 1.807) is 11.9 Å². The molecule has 1 heterocycles. The number of rotatable bonds is 2. The zero-order valence-electron chi connectivity index (χ0n) is 8.63. The Balaban J connectivity index is 3.11. The Morgan fingerprint density at radius 1 is 1.15 bits per heavy atom. The number of hydrogen-bond acceptors (Lipinski definition) is 2. The first kappa shape index (κ1) is 10.0. The Kier molecular flexibility index (Phi) is 2.32. The van der Waals surface area contributed by atoms with Crippen molar-refractivity contribution in [3.8, 4) is 0 Å². The number of amides is 3. The van der Waals surface area contributed by atoms with Crippen molar-refractivity contribution >= 4 is 11.9 Å². The molecule has 1 saturated heterocycles. The van der Waals surface area contributed by atoms with E-state index < -0.39 is 5.54 Å². The van der Waals surface area contributed by atoms with Gasteiger partial charge in [-0.25, -0.2) is 4.79 Å². The van der Waals surface area contributed by atoms with Crippen LogP contribution in [-0.4, -0.2) is 41.4 Å². The molecule has 13 heavy (non-hydrogen) atoms. The standard InChI is InChI=1S/C9H16N2O2/c1-5-9(6-2)7(12)10(3)8(13)11(9)4/h5-6H2,1-4H3. The first-order valence-electron chi connectivity index (χ1n) is 4.57. The second-order valence-electron chi connectivity index (χ2n) is 3.44. The number of likely N-dealkylation sites (N-methyl/N-ethyl adjacent to an activating group) is 2. The quantitative estimate of drug-likeness (QED) is 0.602. The minimum atomic E-state index is -0.591. The van der Waals surface area contributed by atoms with Crippen molar-refractivity contribution < 1.29 is 9.59 Å². The Hall–Kier alpha value is -1.06. The fraction of sp³-hybridized carbons (Fsp3) is 0.778. The molecule has 1 aliphatic heterocycles. The lowest BCUT2D eigenvalue weighted by Gasteiger charge is -2.30. The number of carbonyl (C=O) groups excluding carboxylic acids is 2. The summed E-state index contributed by atoms with van der Waals surface area (Å²) in [4.78, 5) is 26.0. The number of nitrogens with zero attached hydrogens (tertiary/aromatic N) is 2. The van der Waals surface area contributed by atoms with E-state index in [0.717, 1.165) is 0 Å². The van der Waals surface area contributed by atoms with Gasteiger partial charge in [-0.1, -0.05) is 13.8 Å². The minimum Gasteiger partial charge on any atom is -0.313 e. The smallest absolute Gasteiger partial charge is 0.313 e. The van der Waals surface area contributed by atoms with Crippen LogP contribution in [0.5, 0.6) is 0 Å². The van der Waals surface area contributed by atoms with E-state index in [-0.39, 0.29) is 11.9 Å². The van der Waals surface area contributed by atoms with E-state index in [9.17, 15) is 9.59 Å². The predicted molar refractivity (Wildman–Crippen MR) is 49.2 cm³/mol. The van der Waals surface area contributed by atoms with Crippen LogP contribution in [0.1, 0.15) is 26.7 Å². The highest BCUT2D eigenvalue weighted by Gasteiger charge is 2.51. The lowest BCUT2D eigenvalue weighted by molar-refractivity contribution is -0.132. The fourth-order valence-corrected chi connectivity index (χ4v) is 1.98. The molecule has 1 fully saturated rings.